The molecule has 1 amide bonds. The zero-order valence-corrected chi connectivity index (χ0v) is 21.0. The number of thiazole rings is 1. The highest BCUT2D eigenvalue weighted by molar-refractivity contribution is 7.17. The van der Waals surface area contributed by atoms with Crippen molar-refractivity contribution in [3.8, 4) is 5.75 Å². The molecule has 1 aromatic heterocycles. The molecule has 0 saturated carbocycles. The summed E-state index contributed by atoms with van der Waals surface area (Å²) in [6.45, 7) is 5.17. The molecule has 0 radical (unpaired) electrons. The van der Waals surface area contributed by atoms with Crippen molar-refractivity contribution >= 4 is 40.2 Å². The van der Waals surface area contributed by atoms with Crippen LogP contribution in [0.15, 0.2) is 84.7 Å². The lowest BCUT2D eigenvalue weighted by Crippen LogP contribution is -2.30. The van der Waals surface area contributed by atoms with Gasteiger partial charge in [-0.2, -0.15) is 0 Å². The molecule has 1 aliphatic rings. The molecule has 37 heavy (non-hydrogen) atoms. The Bertz CT molecular complexity index is 1420. The van der Waals surface area contributed by atoms with Crippen molar-refractivity contribution in [3.05, 3.63) is 106 Å². The van der Waals surface area contributed by atoms with Gasteiger partial charge in [0.2, 0.25) is 0 Å². The first-order valence-corrected chi connectivity index (χ1v) is 12.1. The first kappa shape index (κ1) is 25.6. The second-order valence-electron chi connectivity index (χ2n) is 8.02. The highest BCUT2D eigenvalue weighted by Crippen LogP contribution is 2.43. The van der Waals surface area contributed by atoms with Crippen molar-refractivity contribution in [1.82, 2.24) is 4.98 Å². The molecule has 1 N–H and O–H groups in total. The number of esters is 1. The smallest absolute Gasteiger partial charge is 0.350 e. The molecule has 1 unspecified atom stereocenters. The lowest BCUT2D eigenvalue weighted by Gasteiger charge is -2.24. The Labute approximate surface area is 217 Å². The fourth-order valence-electron chi connectivity index (χ4n) is 3.88. The average Bonchev–Trinajstić information content (AvgIpc) is 3.43. The van der Waals surface area contributed by atoms with Gasteiger partial charge < -0.3 is 14.6 Å². The van der Waals surface area contributed by atoms with Gasteiger partial charge in [0, 0.05) is 0 Å². The van der Waals surface area contributed by atoms with Crippen LogP contribution in [0.5, 0.6) is 5.75 Å². The van der Waals surface area contributed by atoms with Gasteiger partial charge in [-0.3, -0.25) is 14.5 Å². The van der Waals surface area contributed by atoms with Crippen LogP contribution in [0.3, 0.4) is 0 Å². The molecule has 1 aliphatic heterocycles. The van der Waals surface area contributed by atoms with Crippen molar-refractivity contribution in [2.45, 2.75) is 13.0 Å². The van der Waals surface area contributed by atoms with E-state index in [1.165, 1.54) is 24.2 Å². The van der Waals surface area contributed by atoms with E-state index in [1.54, 1.807) is 37.3 Å². The highest BCUT2D eigenvalue weighted by atomic mass is 32.1. The molecule has 9 heteroatoms. The lowest BCUT2D eigenvalue weighted by atomic mass is 9.95. The second-order valence-corrected chi connectivity index (χ2v) is 9.00. The van der Waals surface area contributed by atoms with Crippen LogP contribution in [0.1, 0.15) is 32.5 Å². The number of hydrogen-bond acceptors (Lipinski definition) is 8. The number of benzene rings is 2. The number of allylic oxidation sites excluding steroid dienone is 1. The molecule has 188 valence electrons. The number of hydrogen-bond donors (Lipinski definition) is 1. The van der Waals surface area contributed by atoms with Gasteiger partial charge >= 0.3 is 5.97 Å². The zero-order chi connectivity index (χ0) is 26.5. The first-order chi connectivity index (χ1) is 17.8. The molecule has 3 aromatic rings. The summed E-state index contributed by atoms with van der Waals surface area (Å²) in [7, 11) is 1.50. The Hall–Kier alpha value is -4.50. The van der Waals surface area contributed by atoms with E-state index in [1.807, 2.05) is 30.3 Å². The lowest BCUT2D eigenvalue weighted by molar-refractivity contribution is -0.117. The van der Waals surface area contributed by atoms with E-state index in [2.05, 4.69) is 11.6 Å². The number of anilines is 1. The fourth-order valence-corrected chi connectivity index (χ4v) is 4.87. The van der Waals surface area contributed by atoms with E-state index in [0.717, 1.165) is 16.9 Å². The summed E-state index contributed by atoms with van der Waals surface area (Å²) in [5.74, 6) is -2.12. The summed E-state index contributed by atoms with van der Waals surface area (Å²) >= 11 is 0.940. The number of ketones is 1. The number of amides is 1. The van der Waals surface area contributed by atoms with Gasteiger partial charge in [0.05, 0.1) is 24.4 Å². The third-order valence-corrected chi connectivity index (χ3v) is 6.76. The quantitative estimate of drug-likeness (QED) is 0.243. The van der Waals surface area contributed by atoms with Crippen LogP contribution in [-0.4, -0.2) is 41.5 Å². The number of aryl methyl sites for hydroxylation is 1. The summed E-state index contributed by atoms with van der Waals surface area (Å²) in [6.07, 6.45) is 4.37. The minimum absolute atomic E-state index is 0.0231. The summed E-state index contributed by atoms with van der Waals surface area (Å²) in [4.78, 5) is 45.0. The second kappa shape index (κ2) is 11.0. The van der Waals surface area contributed by atoms with Crippen LogP contribution >= 0.6 is 11.3 Å². The molecule has 0 spiro atoms. The topological polar surface area (TPSA) is 106 Å². The zero-order valence-electron chi connectivity index (χ0n) is 20.2. The predicted molar refractivity (Wildman–Crippen MR) is 141 cm³/mol. The largest absolute Gasteiger partial charge is 0.503 e. The number of nitrogens with zero attached hydrogens (tertiary/aromatic N) is 2. The monoisotopic (exact) mass is 516 g/mol. The van der Waals surface area contributed by atoms with Crippen LogP contribution in [0.25, 0.3) is 6.08 Å². The summed E-state index contributed by atoms with van der Waals surface area (Å²) in [5, 5.41) is 11.0. The van der Waals surface area contributed by atoms with Gasteiger partial charge in [0.1, 0.15) is 17.2 Å². The minimum Gasteiger partial charge on any atom is -0.503 e. The molecular weight excluding hydrogens is 492 g/mol. The number of aromatic nitrogens is 1. The molecule has 0 fully saturated rings. The van der Waals surface area contributed by atoms with Gasteiger partial charge in [-0.1, -0.05) is 72.5 Å². The maximum Gasteiger partial charge on any atom is 0.350 e. The Morgan fingerprint density at radius 1 is 1.19 bits per heavy atom. The Morgan fingerprint density at radius 3 is 2.65 bits per heavy atom. The van der Waals surface area contributed by atoms with E-state index in [-0.39, 0.29) is 22.2 Å². The maximum atomic E-state index is 13.4. The van der Waals surface area contributed by atoms with Gasteiger partial charge in [-0.05, 0) is 36.3 Å². The number of methoxy groups -OCH3 is 1. The fraction of sp³-hybridized carbons (Fsp3) is 0.143. The van der Waals surface area contributed by atoms with Gasteiger partial charge in [-0.15, -0.1) is 0 Å². The molecule has 1 atom stereocenters. The van der Waals surface area contributed by atoms with Crippen LogP contribution in [0.4, 0.5) is 5.13 Å². The van der Waals surface area contributed by atoms with Crippen LogP contribution in [-0.2, 0) is 14.3 Å². The standard InChI is InChI=1S/C28H24N2O6S/c1-4-15-36-27(34)25-17(2)29-28(37-25)30-23(19-11-8-12-20(16-19)35-3)22(24(32)26(30)33)21(31)14-13-18-9-6-5-7-10-18/h4-14,16,23,32H,1,15H2,2-3H3/b14-13+. The molecule has 0 aliphatic carbocycles. The Kier molecular flexibility index (Phi) is 7.64. The van der Waals surface area contributed by atoms with Gasteiger partial charge in [-0.25, -0.2) is 9.78 Å². The SMILES string of the molecule is C=CCOC(=O)c1sc(N2C(=O)C(O)=C(C(=O)/C=C/c3ccccc3)C2c2cccc(OC)c2)nc1C. The molecule has 0 bridgehead atoms. The van der Waals surface area contributed by atoms with E-state index in [9.17, 15) is 19.5 Å². The number of aliphatic hydroxyl groups excluding tert-OH is 1. The number of carbonyl (C=O) groups excluding carboxylic acids is 3. The summed E-state index contributed by atoms with van der Waals surface area (Å²) in [6, 6.07) is 15.0. The first-order valence-electron chi connectivity index (χ1n) is 11.3. The van der Waals surface area contributed by atoms with Crippen LogP contribution in [0.2, 0.25) is 0 Å². The summed E-state index contributed by atoms with van der Waals surface area (Å²) < 4.78 is 10.5. The van der Waals surface area contributed by atoms with Crippen LogP contribution < -0.4 is 9.64 Å². The van der Waals surface area contributed by atoms with E-state index >= 15 is 0 Å². The third kappa shape index (κ3) is 5.22. The van der Waals surface area contributed by atoms with E-state index < -0.39 is 29.5 Å². The number of aliphatic hydroxyl groups is 1. The number of carbonyl (C=O) groups is 3. The van der Waals surface area contributed by atoms with Crippen molar-refractivity contribution in [2.75, 3.05) is 18.6 Å². The minimum atomic E-state index is -1.00. The molecule has 8 nitrogen and oxygen atoms in total. The highest BCUT2D eigenvalue weighted by Gasteiger charge is 2.45. The third-order valence-electron chi connectivity index (χ3n) is 5.62. The Balaban J connectivity index is 1.79. The van der Waals surface area contributed by atoms with Gasteiger partial charge in [0.25, 0.3) is 5.91 Å². The average molecular weight is 517 g/mol. The van der Waals surface area contributed by atoms with Crippen molar-refractivity contribution in [1.29, 1.82) is 0 Å². The number of rotatable bonds is 9. The molecule has 4 rings (SSSR count). The maximum absolute atomic E-state index is 13.4. The van der Waals surface area contributed by atoms with E-state index in [0.29, 0.717) is 17.0 Å². The van der Waals surface area contributed by atoms with Crippen LogP contribution in [0, 0.1) is 6.92 Å². The number of ether oxygens (including phenoxy) is 2. The molecular formula is C28H24N2O6S. The summed E-state index contributed by atoms with van der Waals surface area (Å²) in [5.41, 5.74) is 1.56. The van der Waals surface area contributed by atoms with Crippen molar-refractivity contribution < 1.29 is 29.0 Å². The normalized spacial score (nSPS) is 15.4. The predicted octanol–water partition coefficient (Wildman–Crippen LogP) is 4.99. The molecule has 2 heterocycles. The van der Waals surface area contributed by atoms with Crippen molar-refractivity contribution in [2.24, 2.45) is 0 Å². The Morgan fingerprint density at radius 2 is 1.95 bits per heavy atom. The molecule has 0 saturated heterocycles. The van der Waals surface area contributed by atoms with Gasteiger partial charge in [0.15, 0.2) is 16.7 Å². The van der Waals surface area contributed by atoms with Crippen molar-refractivity contribution in [3.63, 3.8) is 0 Å². The van der Waals surface area contributed by atoms with E-state index in [4.69, 9.17) is 9.47 Å². The molecule has 2 aromatic carbocycles.